The largest absolute Gasteiger partial charge is 0.481 e. The van der Waals surface area contributed by atoms with E-state index in [1.165, 1.54) is 62.5 Å². The van der Waals surface area contributed by atoms with Crippen LogP contribution in [0.2, 0.25) is 0 Å². The summed E-state index contributed by atoms with van der Waals surface area (Å²) < 4.78 is 14.0. The van der Waals surface area contributed by atoms with E-state index in [1.807, 2.05) is 6.92 Å². The van der Waals surface area contributed by atoms with E-state index < -0.39 is 29.3 Å². The van der Waals surface area contributed by atoms with Gasteiger partial charge in [-0.25, -0.2) is 4.39 Å². The van der Waals surface area contributed by atoms with Gasteiger partial charge in [0.25, 0.3) is 0 Å². The first kappa shape index (κ1) is 39.0. The average Bonchev–Trinajstić information content (AvgIpc) is 3.46. The molecule has 6 heteroatoms. The van der Waals surface area contributed by atoms with Gasteiger partial charge in [-0.05, 0) is 191 Å². The van der Waals surface area contributed by atoms with Crippen LogP contribution in [0.25, 0.3) is 0 Å². The Morgan fingerprint density at radius 2 is 1.54 bits per heavy atom. The van der Waals surface area contributed by atoms with Gasteiger partial charge >= 0.3 is 5.97 Å². The number of hydrogen-bond acceptors (Lipinski definition) is 4. The maximum absolute atomic E-state index is 14.0. The number of carboxylic acid groups (broad SMARTS) is 1. The lowest BCUT2D eigenvalue weighted by Gasteiger charge is -2.72. The number of fused-ring (bicyclic) bond motifs is 7. The molecular weight excluding hydrogens is 650 g/mol. The van der Waals surface area contributed by atoms with Crippen LogP contribution in [0.15, 0.2) is 23.3 Å². The topological polar surface area (TPSA) is 89.8 Å². The van der Waals surface area contributed by atoms with Gasteiger partial charge in [-0.15, -0.1) is 0 Å². The minimum Gasteiger partial charge on any atom is -0.481 e. The second-order valence-corrected chi connectivity index (χ2v) is 21.9. The molecule has 5 nitrogen and oxygen atoms in total. The van der Waals surface area contributed by atoms with Crippen molar-refractivity contribution in [1.82, 2.24) is 5.32 Å². The molecule has 10 atom stereocenters. The molecular formula is C46H74FNO4. The van der Waals surface area contributed by atoms with Gasteiger partial charge in [0.1, 0.15) is 6.67 Å². The second kappa shape index (κ2) is 12.9. The highest BCUT2D eigenvalue weighted by molar-refractivity contribution is 5.75. The van der Waals surface area contributed by atoms with E-state index in [4.69, 9.17) is 0 Å². The van der Waals surface area contributed by atoms with Gasteiger partial charge in [-0.2, -0.15) is 0 Å². The van der Waals surface area contributed by atoms with E-state index in [9.17, 15) is 24.5 Å². The molecule has 294 valence electrons. The Balaban J connectivity index is 1.13. The maximum Gasteiger partial charge on any atom is 0.312 e. The molecule has 0 unspecified atom stereocenters. The fraction of sp³-hybridized carbons (Fsp3) is 0.891. The van der Waals surface area contributed by atoms with Crippen LogP contribution in [0.4, 0.5) is 4.39 Å². The Labute approximate surface area is 315 Å². The third kappa shape index (κ3) is 5.78. The zero-order valence-electron chi connectivity index (χ0n) is 34.2. The highest BCUT2D eigenvalue weighted by Crippen LogP contribution is 2.76. The molecule has 7 rings (SSSR count). The van der Waals surface area contributed by atoms with Crippen molar-refractivity contribution in [2.75, 3.05) is 13.2 Å². The molecule has 0 radical (unpaired) electrons. The van der Waals surface area contributed by atoms with E-state index in [1.54, 1.807) is 0 Å². The van der Waals surface area contributed by atoms with Crippen LogP contribution in [0, 0.1) is 62.6 Å². The summed E-state index contributed by atoms with van der Waals surface area (Å²) in [6, 6.07) is 0. The summed E-state index contributed by atoms with van der Waals surface area (Å²) in [4.78, 5) is 12.0. The zero-order valence-corrected chi connectivity index (χ0v) is 34.2. The summed E-state index contributed by atoms with van der Waals surface area (Å²) in [5.74, 6) is 3.02. The highest BCUT2D eigenvalue weighted by atomic mass is 19.1. The van der Waals surface area contributed by atoms with Gasteiger partial charge in [0.2, 0.25) is 0 Å². The SMILES string of the molecule is CC(C)[C@@H]1CC[C@]2(NCCC3(O)CCC(C)(O)CC3)CC[C@]3(C)[C@H](CC[C@@H]4[C@@]5(C)CC=C(C6=CC[C@](CF)(C(=O)O)CC6)C(C)(C)[C@@H]5CC[C@]43C)[C@@H]12. The normalized spacial score (nSPS) is 50.0. The molecule has 7 aliphatic rings. The number of carboxylic acids is 1. The van der Waals surface area contributed by atoms with Crippen molar-refractivity contribution in [2.45, 2.75) is 181 Å². The standard InChI is InChI=1S/C46H74FNO4/c1-30(2)32-13-20-46(48-28-27-45(52)24-21-40(5,51)22-25-45)26-23-42(7)34(37(32)46)9-10-36-41(6)16-14-33(39(3,4)35(41)15-17-43(36,42)8)31-11-18-44(29-47,19-12-31)38(49)50/h11,14,30,32,34-37,48,51-52H,9-10,12-13,15-29H2,1-8H3,(H,49,50)/t32-,34+,35-,36+,37+,40?,41-,42+,43+,44-,45?,46-/m0/s1. The van der Waals surface area contributed by atoms with Crippen molar-refractivity contribution in [3.05, 3.63) is 23.3 Å². The van der Waals surface area contributed by atoms with Gasteiger partial charge in [-0.3, -0.25) is 4.79 Å². The monoisotopic (exact) mass is 724 g/mol. The molecule has 0 amide bonds. The predicted molar refractivity (Wildman–Crippen MR) is 207 cm³/mol. The average molecular weight is 724 g/mol. The molecule has 0 aromatic carbocycles. The Morgan fingerprint density at radius 3 is 2.15 bits per heavy atom. The molecule has 0 aliphatic heterocycles. The molecule has 0 bridgehead atoms. The Bertz CT molecular complexity index is 1460. The number of rotatable bonds is 8. The number of carbonyl (C=O) groups is 1. The van der Waals surface area contributed by atoms with Crippen LogP contribution >= 0.6 is 0 Å². The predicted octanol–water partition coefficient (Wildman–Crippen LogP) is 10.2. The molecule has 5 fully saturated rings. The number of halogens is 1. The summed E-state index contributed by atoms with van der Waals surface area (Å²) in [6.07, 6.45) is 20.8. The highest BCUT2D eigenvalue weighted by Gasteiger charge is 2.70. The first-order chi connectivity index (χ1) is 24.2. The minimum absolute atomic E-state index is 0.00507. The van der Waals surface area contributed by atoms with Gasteiger partial charge in [-0.1, -0.05) is 60.6 Å². The second-order valence-electron chi connectivity index (χ2n) is 21.9. The van der Waals surface area contributed by atoms with E-state index in [0.717, 1.165) is 25.3 Å². The Morgan fingerprint density at radius 1 is 0.827 bits per heavy atom. The van der Waals surface area contributed by atoms with Crippen molar-refractivity contribution < 1.29 is 24.5 Å². The summed E-state index contributed by atoms with van der Waals surface area (Å²) in [6.45, 7) is 20.0. The van der Waals surface area contributed by atoms with Crippen molar-refractivity contribution in [1.29, 1.82) is 0 Å². The first-order valence-corrected chi connectivity index (χ1v) is 21.6. The van der Waals surface area contributed by atoms with Crippen LogP contribution in [-0.4, -0.2) is 51.2 Å². The number of aliphatic carboxylic acids is 1. The van der Waals surface area contributed by atoms with Gasteiger partial charge in [0.15, 0.2) is 0 Å². The molecule has 0 aromatic rings. The van der Waals surface area contributed by atoms with Crippen LogP contribution < -0.4 is 5.32 Å². The minimum atomic E-state index is -1.25. The fourth-order valence-electron chi connectivity index (χ4n) is 15.4. The number of allylic oxidation sites excluding steroid dienone is 4. The number of nitrogens with one attached hydrogen (secondary N) is 1. The molecule has 0 heterocycles. The maximum atomic E-state index is 14.0. The summed E-state index contributed by atoms with van der Waals surface area (Å²) >= 11 is 0. The summed E-state index contributed by atoms with van der Waals surface area (Å²) in [5.41, 5.74) is 1.09. The lowest BCUT2D eigenvalue weighted by atomic mass is 9.32. The Kier molecular flexibility index (Phi) is 9.68. The number of alkyl halides is 1. The number of hydrogen-bond donors (Lipinski definition) is 4. The Hall–Kier alpha value is -1.24. The van der Waals surface area contributed by atoms with Crippen LogP contribution in [0.1, 0.15) is 165 Å². The zero-order chi connectivity index (χ0) is 37.8. The third-order valence-corrected chi connectivity index (χ3v) is 18.9. The third-order valence-electron chi connectivity index (χ3n) is 18.9. The molecule has 7 aliphatic carbocycles. The van der Waals surface area contributed by atoms with Crippen molar-refractivity contribution in [2.24, 2.45) is 62.6 Å². The molecule has 5 saturated carbocycles. The molecule has 0 aromatic heterocycles. The molecule has 0 saturated heterocycles. The van der Waals surface area contributed by atoms with E-state index in [2.05, 4.69) is 65.9 Å². The van der Waals surface area contributed by atoms with Crippen molar-refractivity contribution >= 4 is 5.97 Å². The van der Waals surface area contributed by atoms with Crippen LogP contribution in [0.5, 0.6) is 0 Å². The van der Waals surface area contributed by atoms with Crippen LogP contribution in [0.3, 0.4) is 0 Å². The smallest absolute Gasteiger partial charge is 0.312 e. The van der Waals surface area contributed by atoms with Crippen molar-refractivity contribution in [3.63, 3.8) is 0 Å². The summed E-state index contributed by atoms with van der Waals surface area (Å²) in [5, 5.41) is 36.1. The summed E-state index contributed by atoms with van der Waals surface area (Å²) in [7, 11) is 0. The lowest BCUT2D eigenvalue weighted by molar-refractivity contribution is -0.223. The number of aliphatic hydroxyl groups is 2. The lowest BCUT2D eigenvalue weighted by Crippen LogP contribution is -2.68. The van der Waals surface area contributed by atoms with Gasteiger partial charge in [0, 0.05) is 5.54 Å². The van der Waals surface area contributed by atoms with E-state index in [0.29, 0.717) is 74.5 Å². The van der Waals surface area contributed by atoms with Gasteiger partial charge < -0.3 is 20.6 Å². The van der Waals surface area contributed by atoms with E-state index >= 15 is 0 Å². The fourth-order valence-corrected chi connectivity index (χ4v) is 15.4. The van der Waals surface area contributed by atoms with Gasteiger partial charge in [0.05, 0.1) is 16.6 Å². The quantitative estimate of drug-likeness (QED) is 0.200. The first-order valence-electron chi connectivity index (χ1n) is 21.6. The molecule has 4 N–H and O–H groups in total. The molecule has 52 heavy (non-hydrogen) atoms. The van der Waals surface area contributed by atoms with Crippen molar-refractivity contribution in [3.8, 4) is 0 Å². The van der Waals surface area contributed by atoms with Crippen LogP contribution in [-0.2, 0) is 4.79 Å². The van der Waals surface area contributed by atoms with E-state index in [-0.39, 0.29) is 27.2 Å². The molecule has 0 spiro atoms.